The smallest absolute Gasteiger partial charge is 0.333 e. The van der Waals surface area contributed by atoms with Crippen molar-refractivity contribution in [3.8, 4) is 0 Å². The largest absolute Gasteiger partial charge is 0.463 e. The van der Waals surface area contributed by atoms with Gasteiger partial charge in [0, 0.05) is 0 Å². The fourth-order valence-corrected chi connectivity index (χ4v) is 1.77. The lowest BCUT2D eigenvalue weighted by Crippen LogP contribution is -2.30. The number of benzene rings is 1. The van der Waals surface area contributed by atoms with Gasteiger partial charge in [-0.3, -0.25) is 4.79 Å². The van der Waals surface area contributed by atoms with Crippen LogP contribution < -0.4 is 10.2 Å². The molecule has 0 bridgehead atoms. The highest BCUT2D eigenvalue weighted by Crippen LogP contribution is 2.21. The molecule has 1 heterocycles. The summed E-state index contributed by atoms with van der Waals surface area (Å²) in [5, 5.41) is 2.35. The zero-order chi connectivity index (χ0) is 14.7. The Bertz CT molecular complexity index is 590. The molecule has 0 radical (unpaired) electrons. The third-order valence-electron chi connectivity index (χ3n) is 2.72. The van der Waals surface area contributed by atoms with Gasteiger partial charge in [-0.05, 0) is 26.0 Å². The number of carbonyl (C=O) groups is 3. The molecule has 2 rings (SSSR count). The summed E-state index contributed by atoms with van der Waals surface area (Å²) in [5.41, 5.74) is 1.38. The van der Waals surface area contributed by atoms with Gasteiger partial charge in [-0.15, -0.1) is 0 Å². The van der Waals surface area contributed by atoms with Gasteiger partial charge in [0.25, 0.3) is 5.91 Å². The second-order valence-electron chi connectivity index (χ2n) is 4.22. The van der Waals surface area contributed by atoms with Gasteiger partial charge >= 0.3 is 12.0 Å². The number of nitrogens with one attached hydrogen (secondary N) is 1. The molecule has 1 fully saturated rings. The van der Waals surface area contributed by atoms with Gasteiger partial charge in [-0.25, -0.2) is 14.5 Å². The quantitative estimate of drug-likeness (QED) is 0.515. The number of hydrogen-bond donors (Lipinski definition) is 1. The number of anilines is 1. The molecule has 0 aromatic heterocycles. The summed E-state index contributed by atoms with van der Waals surface area (Å²) in [6.07, 6.45) is 0.984. The SMILES string of the molecule is CCOC(=O)C=C1NC(=O)N(c2ccc(C)cc2)C1=O. The Hall–Kier alpha value is -2.63. The molecule has 0 atom stereocenters. The number of esters is 1. The van der Waals surface area contributed by atoms with Crippen LogP contribution >= 0.6 is 0 Å². The zero-order valence-electron chi connectivity index (χ0n) is 11.2. The number of ether oxygens (including phenoxy) is 1. The number of aryl methyl sites for hydroxylation is 1. The predicted molar refractivity (Wildman–Crippen MR) is 71.9 cm³/mol. The summed E-state index contributed by atoms with van der Waals surface area (Å²) in [6, 6.07) is 6.33. The third-order valence-corrected chi connectivity index (χ3v) is 2.72. The molecule has 0 saturated carbocycles. The van der Waals surface area contributed by atoms with Crippen LogP contribution in [0.4, 0.5) is 10.5 Å². The number of rotatable bonds is 3. The Balaban J connectivity index is 2.25. The van der Waals surface area contributed by atoms with E-state index in [0.717, 1.165) is 16.5 Å². The van der Waals surface area contributed by atoms with Crippen molar-refractivity contribution >= 4 is 23.6 Å². The molecule has 0 unspecified atom stereocenters. The first-order valence-electron chi connectivity index (χ1n) is 6.13. The summed E-state index contributed by atoms with van der Waals surface area (Å²) in [6.45, 7) is 3.76. The van der Waals surface area contributed by atoms with Crippen LogP contribution in [0.1, 0.15) is 12.5 Å². The maximum Gasteiger partial charge on any atom is 0.333 e. The van der Waals surface area contributed by atoms with Crippen LogP contribution in [0.25, 0.3) is 0 Å². The maximum atomic E-state index is 12.1. The molecule has 1 aromatic carbocycles. The Morgan fingerprint density at radius 2 is 1.95 bits per heavy atom. The van der Waals surface area contributed by atoms with E-state index in [1.165, 1.54) is 0 Å². The number of imide groups is 1. The lowest BCUT2D eigenvalue weighted by atomic mass is 10.2. The monoisotopic (exact) mass is 274 g/mol. The van der Waals surface area contributed by atoms with E-state index >= 15 is 0 Å². The van der Waals surface area contributed by atoms with Crippen molar-refractivity contribution in [1.29, 1.82) is 0 Å². The molecule has 104 valence electrons. The molecule has 1 saturated heterocycles. The molecular formula is C14H14N2O4. The highest BCUT2D eigenvalue weighted by molar-refractivity contribution is 6.27. The van der Waals surface area contributed by atoms with Crippen molar-refractivity contribution in [1.82, 2.24) is 5.32 Å². The van der Waals surface area contributed by atoms with Gasteiger partial charge in [-0.1, -0.05) is 17.7 Å². The van der Waals surface area contributed by atoms with E-state index in [1.807, 2.05) is 6.92 Å². The van der Waals surface area contributed by atoms with Crippen LogP contribution in [-0.4, -0.2) is 24.5 Å². The van der Waals surface area contributed by atoms with Crippen LogP contribution in [0.3, 0.4) is 0 Å². The molecule has 0 aliphatic carbocycles. The van der Waals surface area contributed by atoms with Gasteiger partial charge in [-0.2, -0.15) is 0 Å². The summed E-state index contributed by atoms with van der Waals surface area (Å²) in [7, 11) is 0. The van der Waals surface area contributed by atoms with Crippen molar-refractivity contribution in [3.05, 3.63) is 41.6 Å². The summed E-state index contributed by atoms with van der Waals surface area (Å²) < 4.78 is 4.71. The van der Waals surface area contributed by atoms with Crippen molar-refractivity contribution in [2.24, 2.45) is 0 Å². The Morgan fingerprint density at radius 3 is 2.55 bits per heavy atom. The predicted octanol–water partition coefficient (Wildman–Crippen LogP) is 1.50. The Kier molecular flexibility index (Phi) is 3.84. The van der Waals surface area contributed by atoms with E-state index < -0.39 is 17.9 Å². The zero-order valence-corrected chi connectivity index (χ0v) is 11.2. The fourth-order valence-electron chi connectivity index (χ4n) is 1.77. The molecule has 1 aromatic rings. The average Bonchev–Trinajstić information content (AvgIpc) is 2.66. The van der Waals surface area contributed by atoms with Crippen LogP contribution in [0, 0.1) is 6.92 Å². The second kappa shape index (κ2) is 5.56. The van der Waals surface area contributed by atoms with Gasteiger partial charge in [0.1, 0.15) is 5.70 Å². The molecule has 1 N–H and O–H groups in total. The highest BCUT2D eigenvalue weighted by atomic mass is 16.5. The van der Waals surface area contributed by atoms with E-state index in [9.17, 15) is 14.4 Å². The first-order chi connectivity index (χ1) is 9.52. The first-order valence-corrected chi connectivity index (χ1v) is 6.13. The lowest BCUT2D eigenvalue weighted by Gasteiger charge is -2.11. The van der Waals surface area contributed by atoms with Crippen molar-refractivity contribution in [3.63, 3.8) is 0 Å². The van der Waals surface area contributed by atoms with Crippen molar-refractivity contribution in [2.45, 2.75) is 13.8 Å². The van der Waals surface area contributed by atoms with E-state index in [-0.39, 0.29) is 12.3 Å². The van der Waals surface area contributed by atoms with Gasteiger partial charge in [0.15, 0.2) is 0 Å². The number of urea groups is 1. The summed E-state index contributed by atoms with van der Waals surface area (Å²) in [5.74, 6) is -1.24. The van der Waals surface area contributed by atoms with Crippen molar-refractivity contribution < 1.29 is 19.1 Å². The molecule has 1 aliphatic rings. The summed E-state index contributed by atoms with van der Waals surface area (Å²) >= 11 is 0. The Morgan fingerprint density at radius 1 is 1.30 bits per heavy atom. The van der Waals surface area contributed by atoms with Gasteiger partial charge in [0.05, 0.1) is 18.4 Å². The minimum Gasteiger partial charge on any atom is -0.463 e. The van der Waals surface area contributed by atoms with E-state index in [2.05, 4.69) is 5.32 Å². The standard InChI is InChI=1S/C14H14N2O4/c1-3-20-12(17)8-11-13(18)16(14(19)15-11)10-6-4-9(2)5-7-10/h4-8H,3H2,1-2H3,(H,15,19). The molecule has 6 heteroatoms. The molecular weight excluding hydrogens is 260 g/mol. The Labute approximate surface area is 116 Å². The van der Waals surface area contributed by atoms with Crippen molar-refractivity contribution in [2.75, 3.05) is 11.5 Å². The first kappa shape index (κ1) is 13.8. The van der Waals surface area contributed by atoms with E-state index in [0.29, 0.717) is 5.69 Å². The number of nitrogens with zero attached hydrogens (tertiary/aromatic N) is 1. The molecule has 1 aliphatic heterocycles. The van der Waals surface area contributed by atoms with E-state index in [4.69, 9.17) is 4.74 Å². The van der Waals surface area contributed by atoms with Gasteiger partial charge < -0.3 is 10.1 Å². The maximum absolute atomic E-state index is 12.1. The average molecular weight is 274 g/mol. The minimum atomic E-state index is -0.665. The lowest BCUT2D eigenvalue weighted by molar-refractivity contribution is -0.137. The third kappa shape index (κ3) is 2.69. The minimum absolute atomic E-state index is 0.0889. The van der Waals surface area contributed by atoms with E-state index in [1.54, 1.807) is 31.2 Å². The molecule has 0 spiro atoms. The molecule has 3 amide bonds. The fraction of sp³-hybridized carbons (Fsp3) is 0.214. The van der Waals surface area contributed by atoms with Crippen LogP contribution in [0.5, 0.6) is 0 Å². The van der Waals surface area contributed by atoms with Crippen LogP contribution in [0.15, 0.2) is 36.0 Å². The summed E-state index contributed by atoms with van der Waals surface area (Å²) in [4.78, 5) is 36.2. The topological polar surface area (TPSA) is 75.7 Å². The van der Waals surface area contributed by atoms with Gasteiger partial charge in [0.2, 0.25) is 0 Å². The molecule has 6 nitrogen and oxygen atoms in total. The highest BCUT2D eigenvalue weighted by Gasteiger charge is 2.35. The van der Waals surface area contributed by atoms with Crippen LogP contribution in [-0.2, 0) is 14.3 Å². The number of carbonyl (C=O) groups excluding carboxylic acids is 3. The normalized spacial score (nSPS) is 16.5. The number of amides is 3. The second-order valence-corrected chi connectivity index (χ2v) is 4.22. The van der Waals surface area contributed by atoms with Crippen LogP contribution in [0.2, 0.25) is 0 Å². The number of hydrogen-bond acceptors (Lipinski definition) is 4. The molecule has 20 heavy (non-hydrogen) atoms.